The smallest absolute Gasteiger partial charge is 0.307 e. The van der Waals surface area contributed by atoms with Crippen LogP contribution in [0.1, 0.15) is 32.6 Å². The fourth-order valence-corrected chi connectivity index (χ4v) is 2.73. The van der Waals surface area contributed by atoms with E-state index < -0.39 is 11.9 Å². The Bertz CT molecular complexity index is 322. The van der Waals surface area contributed by atoms with Crippen LogP contribution in [0.25, 0.3) is 0 Å². The molecule has 1 aliphatic heterocycles. The lowest BCUT2D eigenvalue weighted by molar-refractivity contribution is -0.146. The second-order valence-electron chi connectivity index (χ2n) is 5.33. The molecule has 3 atom stereocenters. The molecule has 1 heterocycles. The zero-order valence-electron chi connectivity index (χ0n) is 10.1. The van der Waals surface area contributed by atoms with Crippen molar-refractivity contribution in [2.75, 3.05) is 13.2 Å². The first kappa shape index (κ1) is 12.4. The first-order chi connectivity index (χ1) is 8.02. The third-order valence-electron chi connectivity index (χ3n) is 3.81. The van der Waals surface area contributed by atoms with Crippen LogP contribution in [-0.4, -0.2) is 35.7 Å². The van der Waals surface area contributed by atoms with Crippen LogP contribution in [0.3, 0.4) is 0 Å². The SMILES string of the molecule is CC1(NC(=O)[C@@H]2CCC[C@@H]2C(=O)O)CCOC1. The van der Waals surface area contributed by atoms with Crippen molar-refractivity contribution in [3.63, 3.8) is 0 Å². The number of carbonyl (C=O) groups is 2. The van der Waals surface area contributed by atoms with Crippen LogP contribution in [-0.2, 0) is 14.3 Å². The highest BCUT2D eigenvalue weighted by molar-refractivity contribution is 5.85. The van der Waals surface area contributed by atoms with E-state index in [4.69, 9.17) is 9.84 Å². The van der Waals surface area contributed by atoms with E-state index in [1.807, 2.05) is 6.92 Å². The van der Waals surface area contributed by atoms with Crippen LogP contribution in [0.2, 0.25) is 0 Å². The molecule has 0 bridgehead atoms. The second-order valence-corrected chi connectivity index (χ2v) is 5.33. The van der Waals surface area contributed by atoms with Crippen molar-refractivity contribution in [3.05, 3.63) is 0 Å². The first-order valence-corrected chi connectivity index (χ1v) is 6.14. The Balaban J connectivity index is 1.97. The molecule has 2 fully saturated rings. The Morgan fingerprint density at radius 3 is 2.65 bits per heavy atom. The molecule has 1 saturated heterocycles. The summed E-state index contributed by atoms with van der Waals surface area (Å²) in [7, 11) is 0. The van der Waals surface area contributed by atoms with E-state index in [-0.39, 0.29) is 17.4 Å². The molecule has 0 spiro atoms. The van der Waals surface area contributed by atoms with Gasteiger partial charge in [0.1, 0.15) is 0 Å². The van der Waals surface area contributed by atoms with Crippen molar-refractivity contribution in [2.24, 2.45) is 11.8 Å². The first-order valence-electron chi connectivity index (χ1n) is 6.14. The highest BCUT2D eigenvalue weighted by atomic mass is 16.5. The van der Waals surface area contributed by atoms with Crippen molar-refractivity contribution >= 4 is 11.9 Å². The van der Waals surface area contributed by atoms with Gasteiger partial charge in [-0.1, -0.05) is 6.42 Å². The number of carbonyl (C=O) groups excluding carboxylic acids is 1. The molecular formula is C12H19NO4. The lowest BCUT2D eigenvalue weighted by Crippen LogP contribution is -2.49. The van der Waals surface area contributed by atoms with E-state index in [1.54, 1.807) is 0 Å². The van der Waals surface area contributed by atoms with Gasteiger partial charge >= 0.3 is 5.97 Å². The van der Waals surface area contributed by atoms with Crippen molar-refractivity contribution in [1.29, 1.82) is 0 Å². The zero-order valence-corrected chi connectivity index (χ0v) is 10.1. The van der Waals surface area contributed by atoms with E-state index in [0.717, 1.165) is 12.8 Å². The maximum absolute atomic E-state index is 12.1. The van der Waals surface area contributed by atoms with Crippen molar-refractivity contribution in [3.8, 4) is 0 Å². The number of amides is 1. The van der Waals surface area contributed by atoms with Crippen molar-refractivity contribution in [2.45, 2.75) is 38.1 Å². The maximum Gasteiger partial charge on any atom is 0.307 e. The standard InChI is InChI=1S/C12H19NO4/c1-12(5-6-17-7-12)13-10(14)8-3-2-4-9(8)11(15)16/h8-9H,2-7H2,1H3,(H,13,14)(H,15,16)/t8-,9+,12?/m1/s1. The molecule has 2 aliphatic rings. The maximum atomic E-state index is 12.1. The molecule has 5 heteroatoms. The molecule has 2 rings (SSSR count). The Labute approximate surface area is 101 Å². The van der Waals surface area contributed by atoms with Gasteiger partial charge in [0.2, 0.25) is 5.91 Å². The van der Waals surface area contributed by atoms with Gasteiger partial charge in [0.05, 0.1) is 24.0 Å². The Hall–Kier alpha value is -1.10. The van der Waals surface area contributed by atoms with Gasteiger partial charge in [0.15, 0.2) is 0 Å². The van der Waals surface area contributed by atoms with Gasteiger partial charge < -0.3 is 15.2 Å². The molecule has 0 radical (unpaired) electrons. The third-order valence-corrected chi connectivity index (χ3v) is 3.81. The Kier molecular flexibility index (Phi) is 3.38. The minimum atomic E-state index is -0.851. The zero-order chi connectivity index (χ0) is 12.5. The highest BCUT2D eigenvalue weighted by Crippen LogP contribution is 2.33. The normalized spacial score (nSPS) is 37.0. The van der Waals surface area contributed by atoms with Gasteiger partial charge in [-0.3, -0.25) is 9.59 Å². The van der Waals surface area contributed by atoms with E-state index in [1.165, 1.54) is 0 Å². The van der Waals surface area contributed by atoms with Gasteiger partial charge in [0, 0.05) is 6.61 Å². The minimum absolute atomic E-state index is 0.122. The third kappa shape index (κ3) is 2.60. The van der Waals surface area contributed by atoms with Gasteiger partial charge in [-0.25, -0.2) is 0 Å². The average molecular weight is 241 g/mol. The molecule has 1 saturated carbocycles. The van der Waals surface area contributed by atoms with Gasteiger partial charge in [0.25, 0.3) is 0 Å². The molecule has 1 amide bonds. The molecule has 1 unspecified atom stereocenters. The summed E-state index contributed by atoms with van der Waals surface area (Å²) in [4.78, 5) is 23.1. The number of hydrogen-bond donors (Lipinski definition) is 2. The van der Waals surface area contributed by atoms with Crippen LogP contribution in [0.15, 0.2) is 0 Å². The quantitative estimate of drug-likeness (QED) is 0.765. The summed E-state index contributed by atoms with van der Waals surface area (Å²) in [5, 5.41) is 12.0. The molecule has 5 nitrogen and oxygen atoms in total. The van der Waals surface area contributed by atoms with Crippen LogP contribution in [0.4, 0.5) is 0 Å². The van der Waals surface area contributed by atoms with E-state index >= 15 is 0 Å². The number of nitrogens with one attached hydrogen (secondary N) is 1. The largest absolute Gasteiger partial charge is 0.481 e. The summed E-state index contributed by atoms with van der Waals surface area (Å²) in [6.07, 6.45) is 2.91. The summed E-state index contributed by atoms with van der Waals surface area (Å²) in [6, 6.07) is 0. The molecule has 96 valence electrons. The van der Waals surface area contributed by atoms with Crippen molar-refractivity contribution in [1.82, 2.24) is 5.32 Å². The van der Waals surface area contributed by atoms with Crippen LogP contribution < -0.4 is 5.32 Å². The minimum Gasteiger partial charge on any atom is -0.481 e. The predicted octanol–water partition coefficient (Wildman–Crippen LogP) is 0.782. The van der Waals surface area contributed by atoms with Gasteiger partial charge in [-0.2, -0.15) is 0 Å². The number of hydrogen-bond acceptors (Lipinski definition) is 3. The predicted molar refractivity (Wildman–Crippen MR) is 60.5 cm³/mol. The second kappa shape index (κ2) is 4.64. The van der Waals surface area contributed by atoms with Gasteiger partial charge in [-0.15, -0.1) is 0 Å². The molecule has 0 aromatic heterocycles. The van der Waals surface area contributed by atoms with Crippen LogP contribution in [0, 0.1) is 11.8 Å². The molecular weight excluding hydrogens is 222 g/mol. The molecule has 17 heavy (non-hydrogen) atoms. The topological polar surface area (TPSA) is 75.6 Å². The number of aliphatic carboxylic acids is 1. The number of carboxylic acid groups (broad SMARTS) is 1. The van der Waals surface area contributed by atoms with Gasteiger partial charge in [-0.05, 0) is 26.2 Å². The molecule has 1 aliphatic carbocycles. The fourth-order valence-electron chi connectivity index (χ4n) is 2.73. The van der Waals surface area contributed by atoms with E-state index in [2.05, 4.69) is 5.32 Å². The summed E-state index contributed by atoms with van der Waals surface area (Å²) < 4.78 is 5.27. The Morgan fingerprint density at radius 1 is 1.35 bits per heavy atom. The Morgan fingerprint density at radius 2 is 2.06 bits per heavy atom. The summed E-state index contributed by atoms with van der Waals surface area (Å²) >= 11 is 0. The fraction of sp³-hybridized carbons (Fsp3) is 0.833. The van der Waals surface area contributed by atoms with E-state index in [0.29, 0.717) is 26.1 Å². The number of rotatable bonds is 3. The summed E-state index contributed by atoms with van der Waals surface area (Å²) in [6.45, 7) is 3.12. The monoisotopic (exact) mass is 241 g/mol. The molecule has 2 N–H and O–H groups in total. The molecule has 0 aromatic carbocycles. The van der Waals surface area contributed by atoms with E-state index in [9.17, 15) is 9.59 Å². The lowest BCUT2D eigenvalue weighted by atomic mass is 9.93. The highest BCUT2D eigenvalue weighted by Gasteiger charge is 2.40. The average Bonchev–Trinajstić information content (AvgIpc) is 2.85. The van der Waals surface area contributed by atoms with Crippen LogP contribution in [0.5, 0.6) is 0 Å². The van der Waals surface area contributed by atoms with Crippen LogP contribution >= 0.6 is 0 Å². The lowest BCUT2D eigenvalue weighted by Gasteiger charge is -2.26. The summed E-state index contributed by atoms with van der Waals surface area (Å²) in [5.74, 6) is -1.86. The number of ether oxygens (including phenoxy) is 1. The number of carboxylic acids is 1. The van der Waals surface area contributed by atoms with Crippen molar-refractivity contribution < 1.29 is 19.4 Å². The molecule has 0 aromatic rings. The summed E-state index contributed by atoms with van der Waals surface area (Å²) in [5.41, 5.74) is -0.317.